The Labute approximate surface area is 114 Å². The van der Waals surface area contributed by atoms with E-state index in [4.69, 9.17) is 5.73 Å². The lowest BCUT2D eigenvalue weighted by atomic mass is 10.2. The second-order valence-electron chi connectivity index (χ2n) is 4.86. The SMILES string of the molecule is CCCN(c1ccc(N)cc1S(=O)(=O)NC)C1CC1. The van der Waals surface area contributed by atoms with E-state index < -0.39 is 10.0 Å². The minimum absolute atomic E-state index is 0.273. The molecule has 6 heteroatoms. The van der Waals surface area contributed by atoms with Crippen LogP contribution in [0.3, 0.4) is 0 Å². The summed E-state index contributed by atoms with van der Waals surface area (Å²) in [6.45, 7) is 2.96. The van der Waals surface area contributed by atoms with Crippen LogP contribution in [-0.4, -0.2) is 28.1 Å². The Morgan fingerprint density at radius 2 is 2.11 bits per heavy atom. The van der Waals surface area contributed by atoms with E-state index in [-0.39, 0.29) is 4.90 Å². The number of nitrogens with zero attached hydrogens (tertiary/aromatic N) is 1. The van der Waals surface area contributed by atoms with Gasteiger partial charge < -0.3 is 10.6 Å². The minimum Gasteiger partial charge on any atom is -0.399 e. The molecule has 1 aliphatic carbocycles. The lowest BCUT2D eigenvalue weighted by molar-refractivity contribution is 0.587. The molecule has 5 nitrogen and oxygen atoms in total. The van der Waals surface area contributed by atoms with E-state index in [1.54, 1.807) is 6.07 Å². The number of benzene rings is 1. The number of nitrogens with two attached hydrogens (primary N) is 1. The van der Waals surface area contributed by atoms with Crippen LogP contribution in [0.25, 0.3) is 0 Å². The Bertz CT molecular complexity index is 553. The van der Waals surface area contributed by atoms with Gasteiger partial charge in [-0.2, -0.15) is 0 Å². The van der Waals surface area contributed by atoms with Crippen LogP contribution in [0.4, 0.5) is 11.4 Å². The zero-order valence-corrected chi connectivity index (χ0v) is 12.2. The number of sulfonamides is 1. The number of anilines is 2. The highest BCUT2D eigenvalue weighted by molar-refractivity contribution is 7.89. The van der Waals surface area contributed by atoms with Gasteiger partial charge in [-0.25, -0.2) is 13.1 Å². The standard InChI is InChI=1S/C13H21N3O2S/c1-3-8-16(11-5-6-11)12-7-4-10(14)9-13(12)19(17,18)15-2/h4,7,9,11,15H,3,5-6,8,14H2,1-2H3. The van der Waals surface area contributed by atoms with Crippen molar-refractivity contribution in [2.75, 3.05) is 24.2 Å². The van der Waals surface area contributed by atoms with Crippen LogP contribution in [0.2, 0.25) is 0 Å². The molecule has 19 heavy (non-hydrogen) atoms. The first kappa shape index (κ1) is 14.1. The van der Waals surface area contributed by atoms with Crippen LogP contribution in [-0.2, 0) is 10.0 Å². The van der Waals surface area contributed by atoms with Crippen molar-refractivity contribution in [3.8, 4) is 0 Å². The maximum Gasteiger partial charge on any atom is 0.242 e. The summed E-state index contributed by atoms with van der Waals surface area (Å²) in [5.41, 5.74) is 6.95. The number of nitrogen functional groups attached to an aromatic ring is 1. The summed E-state index contributed by atoms with van der Waals surface area (Å²) >= 11 is 0. The van der Waals surface area contributed by atoms with Gasteiger partial charge in [0.1, 0.15) is 4.90 Å². The average molecular weight is 283 g/mol. The molecule has 1 fully saturated rings. The van der Waals surface area contributed by atoms with Gasteiger partial charge in [0.15, 0.2) is 0 Å². The van der Waals surface area contributed by atoms with Crippen molar-refractivity contribution in [1.82, 2.24) is 4.72 Å². The molecular formula is C13H21N3O2S. The molecule has 3 N–H and O–H groups in total. The van der Waals surface area contributed by atoms with Crippen molar-refractivity contribution in [1.29, 1.82) is 0 Å². The molecule has 0 atom stereocenters. The molecule has 0 aromatic heterocycles. The molecule has 1 saturated carbocycles. The molecular weight excluding hydrogens is 262 g/mol. The highest BCUT2D eigenvalue weighted by Gasteiger charge is 2.31. The van der Waals surface area contributed by atoms with Gasteiger partial charge in [-0.3, -0.25) is 0 Å². The monoisotopic (exact) mass is 283 g/mol. The van der Waals surface area contributed by atoms with Crippen molar-refractivity contribution in [2.24, 2.45) is 0 Å². The molecule has 0 aliphatic heterocycles. The summed E-state index contributed by atoms with van der Waals surface area (Å²) in [6, 6.07) is 5.57. The largest absolute Gasteiger partial charge is 0.399 e. The Kier molecular flexibility index (Phi) is 4.01. The molecule has 0 saturated heterocycles. The van der Waals surface area contributed by atoms with Crippen LogP contribution >= 0.6 is 0 Å². The molecule has 0 spiro atoms. The fraction of sp³-hybridized carbons (Fsp3) is 0.538. The van der Waals surface area contributed by atoms with Crippen molar-refractivity contribution in [3.05, 3.63) is 18.2 Å². The highest BCUT2D eigenvalue weighted by Crippen LogP contribution is 2.36. The number of rotatable bonds is 6. The second kappa shape index (κ2) is 5.38. The van der Waals surface area contributed by atoms with Gasteiger partial charge in [-0.15, -0.1) is 0 Å². The van der Waals surface area contributed by atoms with Crippen molar-refractivity contribution in [3.63, 3.8) is 0 Å². The summed E-state index contributed by atoms with van der Waals surface area (Å²) < 4.78 is 26.6. The van der Waals surface area contributed by atoms with Crippen LogP contribution in [0.5, 0.6) is 0 Å². The van der Waals surface area contributed by atoms with E-state index in [0.29, 0.717) is 11.7 Å². The van der Waals surface area contributed by atoms with Crippen LogP contribution in [0.15, 0.2) is 23.1 Å². The van der Waals surface area contributed by atoms with Gasteiger partial charge >= 0.3 is 0 Å². The molecule has 1 aromatic carbocycles. The lowest BCUT2D eigenvalue weighted by Gasteiger charge is -2.26. The van der Waals surface area contributed by atoms with E-state index in [0.717, 1.165) is 31.5 Å². The molecule has 0 bridgehead atoms. The Balaban J connectivity index is 2.49. The third-order valence-corrected chi connectivity index (χ3v) is 4.75. The Morgan fingerprint density at radius 1 is 1.42 bits per heavy atom. The predicted octanol–water partition coefficient (Wildman–Crippen LogP) is 1.56. The molecule has 0 radical (unpaired) electrons. The zero-order valence-electron chi connectivity index (χ0n) is 11.4. The van der Waals surface area contributed by atoms with Crippen LogP contribution < -0.4 is 15.4 Å². The molecule has 1 aromatic rings. The van der Waals surface area contributed by atoms with Crippen LogP contribution in [0, 0.1) is 0 Å². The third-order valence-electron chi connectivity index (χ3n) is 3.30. The normalized spacial score (nSPS) is 15.5. The van der Waals surface area contributed by atoms with E-state index >= 15 is 0 Å². The van der Waals surface area contributed by atoms with Gasteiger partial charge in [0.05, 0.1) is 5.69 Å². The molecule has 106 valence electrons. The molecule has 0 amide bonds. The Hall–Kier alpha value is -1.27. The maximum atomic E-state index is 12.1. The van der Waals surface area contributed by atoms with Crippen LogP contribution in [0.1, 0.15) is 26.2 Å². The fourth-order valence-corrected chi connectivity index (χ4v) is 3.19. The maximum absolute atomic E-state index is 12.1. The molecule has 2 rings (SSSR count). The molecule has 0 unspecified atom stereocenters. The van der Waals surface area contributed by atoms with E-state index in [9.17, 15) is 8.42 Å². The number of hydrogen-bond donors (Lipinski definition) is 2. The summed E-state index contributed by atoms with van der Waals surface area (Å²) in [7, 11) is -2.07. The fourth-order valence-electron chi connectivity index (χ4n) is 2.22. The summed E-state index contributed by atoms with van der Waals surface area (Å²) in [4.78, 5) is 2.46. The smallest absolute Gasteiger partial charge is 0.242 e. The van der Waals surface area contributed by atoms with E-state index in [1.165, 1.54) is 13.1 Å². The molecule has 0 heterocycles. The van der Waals surface area contributed by atoms with Crippen molar-refractivity contribution in [2.45, 2.75) is 37.1 Å². The zero-order chi connectivity index (χ0) is 14.0. The van der Waals surface area contributed by atoms with Crippen molar-refractivity contribution < 1.29 is 8.42 Å². The minimum atomic E-state index is -3.49. The lowest BCUT2D eigenvalue weighted by Crippen LogP contribution is -2.30. The van der Waals surface area contributed by atoms with Gasteiger partial charge in [0.25, 0.3) is 0 Å². The van der Waals surface area contributed by atoms with Crippen molar-refractivity contribution >= 4 is 21.4 Å². The Morgan fingerprint density at radius 3 is 2.63 bits per heavy atom. The van der Waals surface area contributed by atoms with Gasteiger partial charge in [-0.1, -0.05) is 6.92 Å². The summed E-state index contributed by atoms with van der Waals surface area (Å²) in [5.74, 6) is 0. The number of hydrogen-bond acceptors (Lipinski definition) is 4. The van der Waals surface area contributed by atoms with Gasteiger partial charge in [-0.05, 0) is 44.5 Å². The first-order valence-corrected chi connectivity index (χ1v) is 8.07. The van der Waals surface area contributed by atoms with E-state index in [1.807, 2.05) is 6.07 Å². The second-order valence-corrected chi connectivity index (χ2v) is 6.71. The average Bonchev–Trinajstić information content (AvgIpc) is 3.20. The third kappa shape index (κ3) is 3.01. The van der Waals surface area contributed by atoms with Gasteiger partial charge in [0.2, 0.25) is 10.0 Å². The summed E-state index contributed by atoms with van der Waals surface area (Å²) in [6.07, 6.45) is 3.24. The predicted molar refractivity (Wildman–Crippen MR) is 77.8 cm³/mol. The topological polar surface area (TPSA) is 75.4 Å². The first-order chi connectivity index (χ1) is 8.99. The quantitative estimate of drug-likeness (QED) is 0.777. The van der Waals surface area contributed by atoms with E-state index in [2.05, 4.69) is 16.5 Å². The molecule has 1 aliphatic rings. The first-order valence-electron chi connectivity index (χ1n) is 6.59. The summed E-state index contributed by atoms with van der Waals surface area (Å²) in [5, 5.41) is 0. The van der Waals surface area contributed by atoms with Gasteiger partial charge in [0, 0.05) is 18.3 Å². The highest BCUT2D eigenvalue weighted by atomic mass is 32.2. The number of nitrogens with one attached hydrogen (secondary N) is 1.